The number of carbonyl (C=O) groups is 1. The number of carbonyl (C=O) groups excluding carboxylic acids is 1. The lowest BCUT2D eigenvalue weighted by Crippen LogP contribution is -2.32. The average Bonchev–Trinajstić information content (AvgIpc) is 3.77. The first-order valence-electron chi connectivity index (χ1n) is 16.1. The van der Waals surface area contributed by atoms with E-state index >= 15 is 0 Å². The Morgan fingerprint density at radius 1 is 0.776 bits per heavy atom. The molecular weight excluding hydrogens is 713 g/mol. The molecule has 0 amide bonds. The van der Waals surface area contributed by atoms with Crippen molar-refractivity contribution in [2.75, 3.05) is 6.61 Å². The van der Waals surface area contributed by atoms with Gasteiger partial charge in [-0.3, -0.25) is 0 Å². The standard InChI is InChI=1S/C23H24N2O2S4.C14H22O3S/c1-2-24-10-5-18(6-11-24)19-7-12-25(13-8-19)9-3-4-14-27-21(26)20-17-30-23(31-20)22-28-15-16-29-22;1-13(2,3)10-7-11(14(4,5)6)9-12(8-10)18(15,16)17/h5-8,10-13,15-17H,2-4,9,14H2,1H3;7-9H,1-6H3,(H,15,16,17)/q+2;/p-1. The van der Waals surface area contributed by atoms with Gasteiger partial charge in [-0.2, -0.15) is 0 Å². The summed E-state index contributed by atoms with van der Waals surface area (Å²) >= 11 is 6.55. The van der Waals surface area contributed by atoms with Gasteiger partial charge in [-0.25, -0.2) is 22.3 Å². The summed E-state index contributed by atoms with van der Waals surface area (Å²) in [6, 6.07) is 13.5. The molecule has 2 aliphatic rings. The van der Waals surface area contributed by atoms with Gasteiger partial charge in [0.05, 0.1) is 20.0 Å². The number of rotatable bonds is 9. The van der Waals surface area contributed by atoms with Crippen LogP contribution in [0.3, 0.4) is 0 Å². The molecule has 4 heterocycles. The highest BCUT2D eigenvalue weighted by Gasteiger charge is 2.24. The topological polar surface area (TPSA) is 91.3 Å². The second-order valence-electron chi connectivity index (χ2n) is 13.6. The maximum atomic E-state index is 12.3. The van der Waals surface area contributed by atoms with Crippen molar-refractivity contribution in [3.63, 3.8) is 0 Å². The SMILES string of the molecule is CC(C)(C)c1cc(C(C)(C)C)cc(S(=O)(=O)[O-])c1.CC[n+]1ccc(-c2cc[n+](CCCCOC(=O)C3=CSC(=C4SC=CS4)S3)cc2)cc1. The van der Waals surface area contributed by atoms with E-state index in [-0.39, 0.29) is 21.7 Å². The van der Waals surface area contributed by atoms with E-state index in [1.165, 1.54) is 43.5 Å². The lowest BCUT2D eigenvalue weighted by atomic mass is 9.81. The molecule has 0 radical (unpaired) electrons. The van der Waals surface area contributed by atoms with Crippen LogP contribution in [0.2, 0.25) is 0 Å². The molecule has 0 atom stereocenters. The molecule has 3 aromatic rings. The minimum Gasteiger partial charge on any atom is -0.744 e. The number of pyridine rings is 2. The fourth-order valence-corrected chi connectivity index (χ4v) is 9.51. The number of esters is 1. The Morgan fingerprint density at radius 2 is 1.31 bits per heavy atom. The fraction of sp³-hybridized carbons (Fsp3) is 0.378. The second kappa shape index (κ2) is 17.2. The predicted octanol–water partition coefficient (Wildman–Crippen LogP) is 8.86. The van der Waals surface area contributed by atoms with Crippen LogP contribution in [0.5, 0.6) is 0 Å². The number of benzene rings is 1. The van der Waals surface area contributed by atoms with Crippen LogP contribution in [0.1, 0.15) is 72.4 Å². The molecule has 49 heavy (non-hydrogen) atoms. The first-order valence-corrected chi connectivity index (χ1v) is 21.0. The van der Waals surface area contributed by atoms with Crippen LogP contribution in [0, 0.1) is 0 Å². The number of unbranched alkanes of at least 4 members (excludes halogenated alkanes) is 1. The van der Waals surface area contributed by atoms with Crippen LogP contribution >= 0.6 is 47.0 Å². The second-order valence-corrected chi connectivity index (χ2v) is 19.2. The van der Waals surface area contributed by atoms with Gasteiger partial charge in [-0.15, -0.1) is 0 Å². The van der Waals surface area contributed by atoms with Crippen LogP contribution in [0.4, 0.5) is 0 Å². The third kappa shape index (κ3) is 11.8. The van der Waals surface area contributed by atoms with Gasteiger partial charge in [-0.05, 0) is 74.8 Å². The minimum atomic E-state index is -4.42. The summed E-state index contributed by atoms with van der Waals surface area (Å²) in [5.74, 6) is -0.210. The summed E-state index contributed by atoms with van der Waals surface area (Å²) in [4.78, 5) is 12.8. The maximum absolute atomic E-state index is 12.3. The molecule has 0 N–H and O–H groups in total. The number of nitrogens with zero attached hydrogens (tertiary/aromatic N) is 2. The summed E-state index contributed by atoms with van der Waals surface area (Å²) < 4.78 is 45.9. The molecule has 0 bridgehead atoms. The van der Waals surface area contributed by atoms with Gasteiger partial charge in [0.25, 0.3) is 0 Å². The van der Waals surface area contributed by atoms with Gasteiger partial charge >= 0.3 is 5.97 Å². The van der Waals surface area contributed by atoms with Crippen LogP contribution in [-0.4, -0.2) is 25.5 Å². The summed E-state index contributed by atoms with van der Waals surface area (Å²) in [7, 11) is -4.42. The minimum absolute atomic E-state index is 0.139. The van der Waals surface area contributed by atoms with Crippen molar-refractivity contribution in [3.8, 4) is 11.1 Å². The molecule has 0 saturated carbocycles. The Labute approximate surface area is 308 Å². The first-order chi connectivity index (χ1) is 23.0. The van der Waals surface area contributed by atoms with Crippen LogP contribution in [0.25, 0.3) is 11.1 Å². The van der Waals surface area contributed by atoms with Crippen molar-refractivity contribution in [1.82, 2.24) is 0 Å². The maximum Gasteiger partial charge on any atom is 0.345 e. The monoisotopic (exact) mass is 757 g/mol. The van der Waals surface area contributed by atoms with Gasteiger partial charge in [-0.1, -0.05) is 94.7 Å². The largest absolute Gasteiger partial charge is 0.744 e. The summed E-state index contributed by atoms with van der Waals surface area (Å²) in [5.41, 5.74) is 3.78. The normalized spacial score (nSPS) is 14.8. The molecule has 0 fully saturated rings. The van der Waals surface area contributed by atoms with Crippen molar-refractivity contribution in [2.24, 2.45) is 0 Å². The molecule has 262 valence electrons. The third-order valence-electron chi connectivity index (χ3n) is 7.70. The number of hydrogen-bond donors (Lipinski definition) is 0. The number of aromatic nitrogens is 2. The molecule has 0 saturated heterocycles. The molecule has 1 aromatic carbocycles. The van der Waals surface area contributed by atoms with Gasteiger partial charge < -0.3 is 9.29 Å². The number of thioether (sulfide) groups is 4. The van der Waals surface area contributed by atoms with Gasteiger partial charge in [0, 0.05) is 30.7 Å². The highest BCUT2D eigenvalue weighted by molar-refractivity contribution is 8.33. The molecule has 2 aliphatic heterocycles. The van der Waals surface area contributed by atoms with Gasteiger partial charge in [0.1, 0.15) is 28.1 Å². The fourth-order valence-electron chi connectivity index (χ4n) is 4.64. The number of hydrogen-bond acceptors (Lipinski definition) is 9. The van der Waals surface area contributed by atoms with Gasteiger partial charge in [0.2, 0.25) is 0 Å². The van der Waals surface area contributed by atoms with Crippen LogP contribution in [-0.2, 0) is 43.6 Å². The molecule has 0 aliphatic carbocycles. The molecule has 5 rings (SSSR count). The van der Waals surface area contributed by atoms with E-state index in [1.54, 1.807) is 35.3 Å². The van der Waals surface area contributed by atoms with E-state index in [4.69, 9.17) is 4.74 Å². The van der Waals surface area contributed by atoms with Gasteiger partial charge in [0.15, 0.2) is 24.8 Å². The zero-order valence-corrected chi connectivity index (χ0v) is 33.2. The lowest BCUT2D eigenvalue weighted by Gasteiger charge is -2.26. The quantitative estimate of drug-likeness (QED) is 0.0919. The molecule has 2 aromatic heterocycles. The zero-order chi connectivity index (χ0) is 35.8. The Kier molecular flexibility index (Phi) is 13.8. The Bertz CT molecular complexity index is 1780. The van der Waals surface area contributed by atoms with Crippen molar-refractivity contribution in [2.45, 2.75) is 90.1 Å². The predicted molar refractivity (Wildman–Crippen MR) is 205 cm³/mol. The smallest absolute Gasteiger partial charge is 0.345 e. The Morgan fingerprint density at radius 3 is 1.80 bits per heavy atom. The van der Waals surface area contributed by atoms with E-state index in [0.29, 0.717) is 11.5 Å². The average molecular weight is 758 g/mol. The first kappa shape index (κ1) is 39.3. The zero-order valence-electron chi connectivity index (χ0n) is 29.1. The Balaban J connectivity index is 0.000000257. The highest BCUT2D eigenvalue weighted by atomic mass is 32.2. The van der Waals surface area contributed by atoms with E-state index < -0.39 is 10.1 Å². The van der Waals surface area contributed by atoms with Crippen molar-refractivity contribution in [3.05, 3.63) is 108 Å². The summed E-state index contributed by atoms with van der Waals surface area (Å²) in [6.07, 6.45) is 10.3. The number of ether oxygens (including phenoxy) is 1. The van der Waals surface area contributed by atoms with Crippen LogP contribution in [0.15, 0.2) is 102 Å². The van der Waals surface area contributed by atoms with Crippen molar-refractivity contribution in [1.29, 1.82) is 0 Å². The summed E-state index contributed by atoms with van der Waals surface area (Å²) in [6.45, 7) is 16.5. The Hall–Kier alpha value is -2.48. The number of aryl methyl sites for hydroxylation is 2. The van der Waals surface area contributed by atoms with E-state index in [2.05, 4.69) is 75.9 Å². The van der Waals surface area contributed by atoms with E-state index in [1.807, 2.05) is 53.0 Å². The summed E-state index contributed by atoms with van der Waals surface area (Å²) in [5, 5.41) is 6.04. The molecule has 0 unspecified atom stereocenters. The highest BCUT2D eigenvalue weighted by Crippen LogP contribution is 2.53. The lowest BCUT2D eigenvalue weighted by molar-refractivity contribution is -0.697. The molecule has 0 spiro atoms. The van der Waals surface area contributed by atoms with Crippen molar-refractivity contribution < 1.29 is 31.6 Å². The van der Waals surface area contributed by atoms with E-state index in [0.717, 1.165) is 37.1 Å². The molecule has 7 nitrogen and oxygen atoms in total. The molecular formula is C37H45N2O5S5+. The van der Waals surface area contributed by atoms with Crippen molar-refractivity contribution >= 4 is 63.1 Å². The molecule has 12 heteroatoms. The van der Waals surface area contributed by atoms with Crippen LogP contribution < -0.4 is 9.13 Å². The van der Waals surface area contributed by atoms with E-state index in [9.17, 15) is 17.8 Å². The third-order valence-corrected chi connectivity index (χ3v) is 13.5.